The summed E-state index contributed by atoms with van der Waals surface area (Å²) in [6.07, 6.45) is 5.23. The van der Waals surface area contributed by atoms with Gasteiger partial charge in [0, 0.05) is 49.5 Å². The van der Waals surface area contributed by atoms with Gasteiger partial charge in [0.1, 0.15) is 5.82 Å². The fourth-order valence-corrected chi connectivity index (χ4v) is 3.72. The minimum Gasteiger partial charge on any atom is -0.354 e. The third-order valence-corrected chi connectivity index (χ3v) is 5.24. The molecule has 4 nitrogen and oxygen atoms in total. The van der Waals surface area contributed by atoms with Crippen molar-refractivity contribution in [2.75, 3.05) is 31.1 Å². The Balaban J connectivity index is 1.68. The number of hydrogen-bond donors (Lipinski definition) is 0. The van der Waals surface area contributed by atoms with E-state index in [9.17, 15) is 4.79 Å². The van der Waals surface area contributed by atoms with Gasteiger partial charge in [-0.15, -0.1) is 0 Å². The lowest BCUT2D eigenvalue weighted by Gasteiger charge is -2.39. The zero-order valence-electron chi connectivity index (χ0n) is 15.2. The molecule has 0 radical (unpaired) electrons. The molecule has 1 aromatic heterocycles. The third kappa shape index (κ3) is 3.90. The molecule has 0 aliphatic carbocycles. The highest BCUT2D eigenvalue weighted by Crippen LogP contribution is 2.24. The van der Waals surface area contributed by atoms with Gasteiger partial charge in [-0.1, -0.05) is 38.1 Å². The zero-order chi connectivity index (χ0) is 17.6. The molecular formula is C21H27N3O. The first-order valence-electron chi connectivity index (χ1n) is 9.26. The molecule has 2 heterocycles. The molecule has 0 atom stereocenters. The van der Waals surface area contributed by atoms with E-state index in [1.807, 2.05) is 30.5 Å². The van der Waals surface area contributed by atoms with Crippen molar-refractivity contribution >= 4 is 12.1 Å². The first kappa shape index (κ1) is 17.6. The van der Waals surface area contributed by atoms with Gasteiger partial charge < -0.3 is 4.90 Å². The Morgan fingerprint density at radius 1 is 1.04 bits per heavy atom. The Morgan fingerprint density at radius 3 is 2.36 bits per heavy atom. The molecule has 1 aromatic carbocycles. The standard InChI is InChI=1S/C21H27N3O/c1-3-19(4-2)23-11-13-24(14-12-23)21-10-9-17(15-22-21)20-8-6-5-7-18(20)16-25/h5-10,15-16,19H,3-4,11-14H2,1-2H3. The molecule has 0 unspecified atom stereocenters. The van der Waals surface area contributed by atoms with Crippen LogP contribution in [0.3, 0.4) is 0 Å². The molecular weight excluding hydrogens is 310 g/mol. The largest absolute Gasteiger partial charge is 0.354 e. The topological polar surface area (TPSA) is 36.4 Å². The molecule has 4 heteroatoms. The van der Waals surface area contributed by atoms with Crippen LogP contribution in [0.25, 0.3) is 11.1 Å². The molecule has 3 rings (SSSR count). The Labute approximate surface area is 150 Å². The van der Waals surface area contributed by atoms with E-state index in [-0.39, 0.29) is 0 Å². The number of rotatable bonds is 6. The van der Waals surface area contributed by atoms with E-state index < -0.39 is 0 Å². The van der Waals surface area contributed by atoms with E-state index in [1.54, 1.807) is 0 Å². The summed E-state index contributed by atoms with van der Waals surface area (Å²) in [5.41, 5.74) is 2.63. The Morgan fingerprint density at radius 2 is 1.76 bits per heavy atom. The SMILES string of the molecule is CCC(CC)N1CCN(c2ccc(-c3ccccc3C=O)cn2)CC1. The Bertz CT molecular complexity index is 687. The third-order valence-electron chi connectivity index (χ3n) is 5.24. The van der Waals surface area contributed by atoms with Gasteiger partial charge in [0.2, 0.25) is 0 Å². The molecule has 2 aromatic rings. The maximum Gasteiger partial charge on any atom is 0.150 e. The molecule has 0 N–H and O–H groups in total. The number of carbonyl (C=O) groups excluding carboxylic acids is 1. The highest BCUT2D eigenvalue weighted by molar-refractivity contribution is 5.87. The highest BCUT2D eigenvalue weighted by atomic mass is 16.1. The minimum atomic E-state index is 0.704. The van der Waals surface area contributed by atoms with Gasteiger partial charge in [-0.3, -0.25) is 9.69 Å². The van der Waals surface area contributed by atoms with Crippen molar-refractivity contribution in [3.8, 4) is 11.1 Å². The predicted molar refractivity (Wildman–Crippen MR) is 103 cm³/mol. The molecule has 0 amide bonds. The minimum absolute atomic E-state index is 0.704. The van der Waals surface area contributed by atoms with Crippen molar-refractivity contribution in [1.82, 2.24) is 9.88 Å². The van der Waals surface area contributed by atoms with Crippen LogP contribution in [0.4, 0.5) is 5.82 Å². The molecule has 1 fully saturated rings. The van der Waals surface area contributed by atoms with Crippen LogP contribution in [0.15, 0.2) is 42.6 Å². The average Bonchev–Trinajstić information content (AvgIpc) is 2.69. The Hall–Kier alpha value is -2.20. The monoisotopic (exact) mass is 337 g/mol. The normalized spacial score (nSPS) is 15.6. The lowest BCUT2D eigenvalue weighted by atomic mass is 10.0. The van der Waals surface area contributed by atoms with Gasteiger partial charge in [0.25, 0.3) is 0 Å². The molecule has 0 saturated carbocycles. The quantitative estimate of drug-likeness (QED) is 0.750. The first-order valence-corrected chi connectivity index (χ1v) is 9.26. The number of piperazine rings is 1. The van der Waals surface area contributed by atoms with E-state index in [2.05, 4.69) is 40.8 Å². The second-order valence-electron chi connectivity index (χ2n) is 6.60. The van der Waals surface area contributed by atoms with Crippen molar-refractivity contribution in [1.29, 1.82) is 0 Å². The van der Waals surface area contributed by atoms with Gasteiger partial charge in [-0.2, -0.15) is 0 Å². The van der Waals surface area contributed by atoms with Crippen molar-refractivity contribution in [3.63, 3.8) is 0 Å². The number of pyridine rings is 1. The van der Waals surface area contributed by atoms with Gasteiger partial charge >= 0.3 is 0 Å². The molecule has 1 aliphatic heterocycles. The van der Waals surface area contributed by atoms with Crippen molar-refractivity contribution < 1.29 is 4.79 Å². The summed E-state index contributed by atoms with van der Waals surface area (Å²) in [4.78, 5) is 20.8. The Kier molecular flexibility index (Phi) is 5.82. The summed E-state index contributed by atoms with van der Waals surface area (Å²) in [7, 11) is 0. The summed E-state index contributed by atoms with van der Waals surface area (Å²) < 4.78 is 0. The zero-order valence-corrected chi connectivity index (χ0v) is 15.2. The fourth-order valence-electron chi connectivity index (χ4n) is 3.72. The number of benzene rings is 1. The molecule has 1 saturated heterocycles. The maximum absolute atomic E-state index is 11.2. The van der Waals surface area contributed by atoms with Gasteiger partial charge in [-0.05, 0) is 30.5 Å². The average molecular weight is 337 g/mol. The van der Waals surface area contributed by atoms with E-state index in [4.69, 9.17) is 0 Å². The smallest absolute Gasteiger partial charge is 0.150 e. The maximum atomic E-state index is 11.2. The van der Waals surface area contributed by atoms with Crippen LogP contribution in [0.5, 0.6) is 0 Å². The number of hydrogen-bond acceptors (Lipinski definition) is 4. The van der Waals surface area contributed by atoms with Crippen molar-refractivity contribution in [2.45, 2.75) is 32.7 Å². The second kappa shape index (κ2) is 8.26. The van der Waals surface area contributed by atoms with E-state index in [0.717, 1.165) is 49.4 Å². The van der Waals surface area contributed by atoms with Crippen LogP contribution < -0.4 is 4.90 Å². The number of anilines is 1. The van der Waals surface area contributed by atoms with Crippen LogP contribution in [-0.4, -0.2) is 48.4 Å². The molecule has 1 aliphatic rings. The molecule has 0 spiro atoms. The van der Waals surface area contributed by atoms with E-state index >= 15 is 0 Å². The van der Waals surface area contributed by atoms with Gasteiger partial charge in [-0.25, -0.2) is 4.98 Å². The predicted octanol–water partition coefficient (Wildman–Crippen LogP) is 3.87. The van der Waals surface area contributed by atoms with Crippen LogP contribution in [0.2, 0.25) is 0 Å². The van der Waals surface area contributed by atoms with E-state index in [0.29, 0.717) is 11.6 Å². The number of aromatic nitrogens is 1. The second-order valence-corrected chi connectivity index (χ2v) is 6.60. The summed E-state index contributed by atoms with van der Waals surface area (Å²) >= 11 is 0. The highest BCUT2D eigenvalue weighted by Gasteiger charge is 2.22. The van der Waals surface area contributed by atoms with Crippen molar-refractivity contribution in [2.24, 2.45) is 0 Å². The summed E-state index contributed by atoms with van der Waals surface area (Å²) in [6, 6.07) is 12.5. The van der Waals surface area contributed by atoms with Crippen molar-refractivity contribution in [3.05, 3.63) is 48.2 Å². The van der Waals surface area contributed by atoms with E-state index in [1.165, 1.54) is 12.8 Å². The number of carbonyl (C=O) groups is 1. The van der Waals surface area contributed by atoms with Crippen LogP contribution in [0.1, 0.15) is 37.0 Å². The fraction of sp³-hybridized carbons (Fsp3) is 0.429. The lowest BCUT2D eigenvalue weighted by Crippen LogP contribution is -2.50. The molecule has 25 heavy (non-hydrogen) atoms. The lowest BCUT2D eigenvalue weighted by molar-refractivity contribution is 0.112. The molecule has 0 bridgehead atoms. The van der Waals surface area contributed by atoms with Gasteiger partial charge in [0.05, 0.1) is 0 Å². The number of nitrogens with zero attached hydrogens (tertiary/aromatic N) is 3. The summed E-state index contributed by atoms with van der Waals surface area (Å²) in [5.74, 6) is 1.02. The van der Waals surface area contributed by atoms with Gasteiger partial charge in [0.15, 0.2) is 6.29 Å². The van der Waals surface area contributed by atoms with Crippen LogP contribution in [0, 0.1) is 0 Å². The molecule has 132 valence electrons. The van der Waals surface area contributed by atoms with Crippen LogP contribution in [-0.2, 0) is 0 Å². The summed E-state index contributed by atoms with van der Waals surface area (Å²) in [6.45, 7) is 8.80. The van der Waals surface area contributed by atoms with Crippen LogP contribution >= 0.6 is 0 Å². The first-order chi connectivity index (χ1) is 12.3. The summed E-state index contributed by atoms with van der Waals surface area (Å²) in [5, 5.41) is 0. The number of aldehydes is 1.